The fourth-order valence-corrected chi connectivity index (χ4v) is 2.91. The zero-order valence-electron chi connectivity index (χ0n) is 11.2. The van der Waals surface area contributed by atoms with Crippen LogP contribution in [-0.4, -0.2) is 11.6 Å². The van der Waals surface area contributed by atoms with Crippen molar-refractivity contribution in [2.24, 2.45) is 5.84 Å². The van der Waals surface area contributed by atoms with E-state index >= 15 is 0 Å². The summed E-state index contributed by atoms with van der Waals surface area (Å²) < 4.78 is 5.61. The van der Waals surface area contributed by atoms with Crippen LogP contribution in [-0.2, 0) is 0 Å². The normalized spacial score (nSPS) is 12.4. The molecule has 1 atom stereocenters. The molecule has 5 heteroatoms. The molecule has 0 aliphatic carbocycles. The lowest BCUT2D eigenvalue weighted by atomic mass is 10.1. The number of hydrogen-bond donors (Lipinski definition) is 2. The van der Waals surface area contributed by atoms with Crippen molar-refractivity contribution in [1.82, 2.24) is 10.4 Å². The lowest BCUT2D eigenvalue weighted by Gasteiger charge is -2.16. The number of rotatable bonds is 6. The highest BCUT2D eigenvalue weighted by Crippen LogP contribution is 2.29. The number of aromatic nitrogens is 1. The van der Waals surface area contributed by atoms with Gasteiger partial charge in [-0.05, 0) is 42.0 Å². The van der Waals surface area contributed by atoms with Crippen LogP contribution >= 0.6 is 11.3 Å². The third-order valence-corrected chi connectivity index (χ3v) is 3.95. The second-order valence-electron chi connectivity index (χ2n) is 4.37. The van der Waals surface area contributed by atoms with Crippen molar-refractivity contribution in [3.63, 3.8) is 0 Å². The maximum Gasteiger partial charge on any atom is 0.137 e. The molecule has 2 rings (SSSR count). The minimum Gasteiger partial charge on any atom is -0.492 e. The lowest BCUT2D eigenvalue weighted by Crippen LogP contribution is -2.28. The van der Waals surface area contributed by atoms with Crippen LogP contribution in [0.25, 0.3) is 0 Å². The predicted molar refractivity (Wildman–Crippen MR) is 78.2 cm³/mol. The molecule has 0 bridgehead atoms. The van der Waals surface area contributed by atoms with Crippen molar-refractivity contribution >= 4 is 11.3 Å². The van der Waals surface area contributed by atoms with Gasteiger partial charge in [0.2, 0.25) is 0 Å². The van der Waals surface area contributed by atoms with Gasteiger partial charge in [-0.15, -0.1) is 11.3 Å². The van der Waals surface area contributed by atoms with Crippen LogP contribution in [0.15, 0.2) is 29.9 Å². The number of ether oxygens (including phenoxy) is 1. The zero-order chi connectivity index (χ0) is 13.7. The molecular formula is C14H19N3OS. The Bertz CT molecular complexity index is 527. The largest absolute Gasteiger partial charge is 0.492 e. The summed E-state index contributed by atoms with van der Waals surface area (Å²) in [7, 11) is 0. The number of thiophene rings is 1. The second-order valence-corrected chi connectivity index (χ2v) is 5.32. The van der Waals surface area contributed by atoms with E-state index in [9.17, 15) is 0 Å². The fraction of sp³-hybridized carbons (Fsp3) is 0.357. The van der Waals surface area contributed by atoms with E-state index in [0.29, 0.717) is 6.61 Å². The van der Waals surface area contributed by atoms with Crippen molar-refractivity contribution in [2.75, 3.05) is 6.61 Å². The first-order chi connectivity index (χ1) is 9.26. The molecule has 0 saturated heterocycles. The Kier molecular flexibility index (Phi) is 4.90. The molecule has 0 amide bonds. The van der Waals surface area contributed by atoms with Crippen LogP contribution < -0.4 is 16.0 Å². The maximum absolute atomic E-state index is 5.70. The average Bonchev–Trinajstić information content (AvgIpc) is 2.84. The molecule has 2 heterocycles. The van der Waals surface area contributed by atoms with E-state index in [2.05, 4.69) is 35.7 Å². The first-order valence-electron chi connectivity index (χ1n) is 6.34. The number of nitrogens with zero attached hydrogens (tertiary/aromatic N) is 1. The molecule has 102 valence electrons. The van der Waals surface area contributed by atoms with Crippen LogP contribution in [0.4, 0.5) is 0 Å². The Morgan fingerprint density at radius 2 is 2.32 bits per heavy atom. The zero-order valence-corrected chi connectivity index (χ0v) is 12.0. The Morgan fingerprint density at radius 1 is 1.47 bits per heavy atom. The molecular weight excluding hydrogens is 258 g/mol. The van der Waals surface area contributed by atoms with Crippen LogP contribution in [0.3, 0.4) is 0 Å². The van der Waals surface area contributed by atoms with Gasteiger partial charge < -0.3 is 4.74 Å². The summed E-state index contributed by atoms with van der Waals surface area (Å²) in [5, 5.41) is 2.07. The second kappa shape index (κ2) is 6.65. The van der Waals surface area contributed by atoms with Gasteiger partial charge in [0.15, 0.2) is 0 Å². The standard InChI is InChI=1S/C14H19N3OS/c1-3-5-18-12-7-11(8-16-9-12)13(17-15)14-10(2)4-6-19-14/h4,6-9,13,17H,3,5,15H2,1-2H3. The Balaban J connectivity index is 2.26. The molecule has 0 saturated carbocycles. The first kappa shape index (κ1) is 14.0. The van der Waals surface area contributed by atoms with Crippen LogP contribution in [0.5, 0.6) is 5.75 Å². The first-order valence-corrected chi connectivity index (χ1v) is 7.22. The molecule has 0 fully saturated rings. The third-order valence-electron chi connectivity index (χ3n) is 2.87. The molecule has 3 N–H and O–H groups in total. The molecule has 1 unspecified atom stereocenters. The highest BCUT2D eigenvalue weighted by molar-refractivity contribution is 7.10. The summed E-state index contributed by atoms with van der Waals surface area (Å²) in [6.07, 6.45) is 4.53. The van der Waals surface area contributed by atoms with Gasteiger partial charge >= 0.3 is 0 Å². The summed E-state index contributed by atoms with van der Waals surface area (Å²) in [6, 6.07) is 4.04. The summed E-state index contributed by atoms with van der Waals surface area (Å²) in [5.41, 5.74) is 5.10. The molecule has 0 aliphatic heterocycles. The minimum absolute atomic E-state index is 0.0438. The number of nitrogens with one attached hydrogen (secondary N) is 1. The van der Waals surface area contributed by atoms with Gasteiger partial charge in [0.1, 0.15) is 5.75 Å². The third kappa shape index (κ3) is 3.32. The highest BCUT2D eigenvalue weighted by atomic mass is 32.1. The van der Waals surface area contributed by atoms with Gasteiger partial charge in [0, 0.05) is 11.1 Å². The molecule has 2 aromatic heterocycles. The van der Waals surface area contributed by atoms with Gasteiger partial charge in [-0.2, -0.15) is 0 Å². The number of hydrazine groups is 1. The topological polar surface area (TPSA) is 60.2 Å². The van der Waals surface area contributed by atoms with Crippen molar-refractivity contribution < 1.29 is 4.74 Å². The molecule has 0 aromatic carbocycles. The molecule has 0 spiro atoms. The predicted octanol–water partition coefficient (Wildman–Crippen LogP) is 2.79. The smallest absolute Gasteiger partial charge is 0.137 e. The Labute approximate surface area is 117 Å². The summed E-state index contributed by atoms with van der Waals surface area (Å²) in [6.45, 7) is 4.86. The Morgan fingerprint density at radius 3 is 2.95 bits per heavy atom. The quantitative estimate of drug-likeness (QED) is 0.629. The van der Waals surface area contributed by atoms with Gasteiger partial charge in [0.25, 0.3) is 0 Å². The summed E-state index contributed by atoms with van der Waals surface area (Å²) >= 11 is 1.69. The number of pyridine rings is 1. The monoisotopic (exact) mass is 277 g/mol. The van der Waals surface area contributed by atoms with Crippen LogP contribution in [0.2, 0.25) is 0 Å². The highest BCUT2D eigenvalue weighted by Gasteiger charge is 2.16. The van der Waals surface area contributed by atoms with Crippen molar-refractivity contribution in [3.8, 4) is 5.75 Å². The Hall–Kier alpha value is -1.43. The van der Waals surface area contributed by atoms with E-state index in [1.54, 1.807) is 17.5 Å². The van der Waals surface area contributed by atoms with Crippen molar-refractivity contribution in [1.29, 1.82) is 0 Å². The van der Waals surface area contributed by atoms with Crippen molar-refractivity contribution in [3.05, 3.63) is 45.9 Å². The number of hydrogen-bond acceptors (Lipinski definition) is 5. The van der Waals surface area contributed by atoms with Gasteiger partial charge in [0.05, 0.1) is 18.8 Å². The average molecular weight is 277 g/mol. The SMILES string of the molecule is CCCOc1cncc(C(NN)c2sccc2C)c1. The van der Waals surface area contributed by atoms with Crippen LogP contribution in [0, 0.1) is 6.92 Å². The van der Waals surface area contributed by atoms with E-state index < -0.39 is 0 Å². The number of nitrogens with two attached hydrogens (primary N) is 1. The fourth-order valence-electron chi connectivity index (χ4n) is 1.90. The summed E-state index contributed by atoms with van der Waals surface area (Å²) in [4.78, 5) is 5.44. The lowest BCUT2D eigenvalue weighted by molar-refractivity contribution is 0.315. The molecule has 4 nitrogen and oxygen atoms in total. The van der Waals surface area contributed by atoms with Crippen LogP contribution in [0.1, 0.15) is 35.4 Å². The van der Waals surface area contributed by atoms with E-state index in [4.69, 9.17) is 10.6 Å². The molecule has 0 aliphatic rings. The minimum atomic E-state index is -0.0438. The van der Waals surface area contributed by atoms with Gasteiger partial charge in [-0.25, -0.2) is 5.43 Å². The van der Waals surface area contributed by atoms with E-state index in [0.717, 1.165) is 17.7 Å². The van der Waals surface area contributed by atoms with E-state index in [-0.39, 0.29) is 6.04 Å². The number of aryl methyl sites for hydroxylation is 1. The molecule has 0 radical (unpaired) electrons. The van der Waals surface area contributed by atoms with E-state index in [1.165, 1.54) is 10.4 Å². The van der Waals surface area contributed by atoms with Gasteiger partial charge in [-0.1, -0.05) is 6.92 Å². The van der Waals surface area contributed by atoms with Crippen molar-refractivity contribution in [2.45, 2.75) is 26.3 Å². The van der Waals surface area contributed by atoms with Gasteiger partial charge in [-0.3, -0.25) is 10.8 Å². The van der Waals surface area contributed by atoms with E-state index in [1.807, 2.05) is 12.3 Å². The maximum atomic E-state index is 5.70. The summed E-state index contributed by atoms with van der Waals surface area (Å²) in [5.74, 6) is 6.49. The molecule has 19 heavy (non-hydrogen) atoms. The molecule has 2 aromatic rings.